The number of hydrogen-bond donors (Lipinski definition) is 2. The Morgan fingerprint density at radius 2 is 1.76 bits per heavy atom. The second-order valence-corrected chi connectivity index (χ2v) is 6.90. The van der Waals surface area contributed by atoms with Crippen molar-refractivity contribution in [3.63, 3.8) is 0 Å². The summed E-state index contributed by atoms with van der Waals surface area (Å²) in [5, 5.41) is 5.08. The molecule has 4 aromatic rings. The Morgan fingerprint density at radius 1 is 0.970 bits per heavy atom. The number of rotatable bonds is 6. The molecule has 0 fully saturated rings. The van der Waals surface area contributed by atoms with Crippen LogP contribution in [0.25, 0.3) is 5.69 Å². The monoisotopic (exact) mass is 449 g/mol. The average Bonchev–Trinajstić information content (AvgIpc) is 3.26. The highest BCUT2D eigenvalue weighted by Crippen LogP contribution is 2.28. The van der Waals surface area contributed by atoms with Crippen molar-refractivity contribution in [1.82, 2.24) is 14.5 Å². The first-order chi connectivity index (χ1) is 15.9. The summed E-state index contributed by atoms with van der Waals surface area (Å²) in [6, 6.07) is 12.6. The van der Waals surface area contributed by atoms with E-state index >= 15 is 0 Å². The highest BCUT2D eigenvalue weighted by Gasteiger charge is 2.13. The van der Waals surface area contributed by atoms with Crippen LogP contribution in [0, 0.1) is 11.6 Å². The number of benzene rings is 2. The van der Waals surface area contributed by atoms with Crippen molar-refractivity contribution in [3.8, 4) is 17.2 Å². The predicted molar refractivity (Wildman–Crippen MR) is 116 cm³/mol. The molecule has 0 aliphatic rings. The van der Waals surface area contributed by atoms with Crippen LogP contribution in [0.2, 0.25) is 0 Å². The number of amides is 2. The number of carbonyl (C=O) groups excluding carboxylic acids is 2. The standard InChI is InChI=1S/C23H17F2N5O3/c1-14(31)28-22-11-18(8-9-26-22)33-21-7-4-16(10-19(21)25)29-23(32)20-12-30(13-27-20)17-5-2-15(24)3-6-17/h2-13H,1H3,(H,29,32)(H,26,28,31). The molecule has 0 unspecified atom stereocenters. The molecule has 0 bridgehead atoms. The average molecular weight is 449 g/mol. The minimum absolute atomic E-state index is 0.0754. The van der Waals surface area contributed by atoms with Crippen LogP contribution in [0.5, 0.6) is 11.5 Å². The van der Waals surface area contributed by atoms with E-state index in [0.717, 1.165) is 6.07 Å². The number of anilines is 2. The van der Waals surface area contributed by atoms with Gasteiger partial charge in [0.2, 0.25) is 5.91 Å². The minimum Gasteiger partial charge on any atom is -0.454 e. The molecular weight excluding hydrogens is 432 g/mol. The van der Waals surface area contributed by atoms with E-state index in [-0.39, 0.29) is 40.4 Å². The first kappa shape index (κ1) is 21.6. The number of imidazole rings is 1. The molecule has 0 saturated carbocycles. The zero-order chi connectivity index (χ0) is 23.4. The fourth-order valence-electron chi connectivity index (χ4n) is 2.90. The summed E-state index contributed by atoms with van der Waals surface area (Å²) >= 11 is 0. The summed E-state index contributed by atoms with van der Waals surface area (Å²) in [5.74, 6) is -1.45. The Bertz CT molecular complexity index is 1320. The molecule has 0 atom stereocenters. The van der Waals surface area contributed by atoms with Gasteiger partial charge in [-0.2, -0.15) is 0 Å². The SMILES string of the molecule is CC(=O)Nc1cc(Oc2ccc(NC(=O)c3cn(-c4ccc(F)cc4)cn3)cc2F)ccn1. The van der Waals surface area contributed by atoms with Crippen LogP contribution in [0.3, 0.4) is 0 Å². The highest BCUT2D eigenvalue weighted by molar-refractivity contribution is 6.02. The summed E-state index contributed by atoms with van der Waals surface area (Å²) < 4.78 is 34.7. The van der Waals surface area contributed by atoms with Crippen LogP contribution in [0.15, 0.2) is 73.3 Å². The van der Waals surface area contributed by atoms with E-state index in [1.807, 2.05) is 0 Å². The van der Waals surface area contributed by atoms with Gasteiger partial charge in [0, 0.05) is 42.8 Å². The zero-order valence-corrected chi connectivity index (χ0v) is 17.3. The van der Waals surface area contributed by atoms with Crippen LogP contribution in [-0.2, 0) is 4.79 Å². The van der Waals surface area contributed by atoms with Crippen molar-refractivity contribution in [2.45, 2.75) is 6.92 Å². The Labute approximate surface area is 186 Å². The van der Waals surface area contributed by atoms with Crippen molar-refractivity contribution in [2.24, 2.45) is 0 Å². The number of aromatic nitrogens is 3. The van der Waals surface area contributed by atoms with Crippen LogP contribution in [-0.4, -0.2) is 26.3 Å². The number of ether oxygens (including phenoxy) is 1. The highest BCUT2D eigenvalue weighted by atomic mass is 19.1. The van der Waals surface area contributed by atoms with E-state index in [4.69, 9.17) is 4.74 Å². The molecule has 2 aromatic carbocycles. The fourth-order valence-corrected chi connectivity index (χ4v) is 2.90. The van der Waals surface area contributed by atoms with Gasteiger partial charge in [0.25, 0.3) is 5.91 Å². The lowest BCUT2D eigenvalue weighted by molar-refractivity contribution is -0.114. The summed E-state index contributed by atoms with van der Waals surface area (Å²) in [7, 11) is 0. The van der Waals surface area contributed by atoms with Gasteiger partial charge < -0.3 is 19.9 Å². The number of halogens is 2. The second kappa shape index (κ2) is 9.27. The largest absolute Gasteiger partial charge is 0.454 e. The first-order valence-electron chi connectivity index (χ1n) is 9.70. The summed E-state index contributed by atoms with van der Waals surface area (Å²) in [5.41, 5.74) is 0.936. The summed E-state index contributed by atoms with van der Waals surface area (Å²) in [6.07, 6.45) is 4.31. The van der Waals surface area contributed by atoms with Gasteiger partial charge in [-0.25, -0.2) is 18.7 Å². The molecule has 4 rings (SSSR count). The van der Waals surface area contributed by atoms with Crippen LogP contribution in [0.1, 0.15) is 17.4 Å². The molecule has 2 aromatic heterocycles. The lowest BCUT2D eigenvalue weighted by Gasteiger charge is -2.10. The van der Waals surface area contributed by atoms with Gasteiger partial charge in [-0.3, -0.25) is 9.59 Å². The van der Waals surface area contributed by atoms with E-state index in [1.165, 1.54) is 62.0 Å². The van der Waals surface area contributed by atoms with Crippen molar-refractivity contribution in [1.29, 1.82) is 0 Å². The maximum atomic E-state index is 14.5. The fraction of sp³-hybridized carbons (Fsp3) is 0.0435. The normalized spacial score (nSPS) is 10.5. The molecule has 2 heterocycles. The Kier molecular flexibility index (Phi) is 6.07. The van der Waals surface area contributed by atoms with Crippen molar-refractivity contribution in [3.05, 3.63) is 90.6 Å². The molecular formula is C23H17F2N5O3. The van der Waals surface area contributed by atoms with Gasteiger partial charge in [-0.15, -0.1) is 0 Å². The van der Waals surface area contributed by atoms with Gasteiger partial charge in [-0.05, 0) is 42.5 Å². The lowest BCUT2D eigenvalue weighted by atomic mass is 10.2. The smallest absolute Gasteiger partial charge is 0.275 e. The van der Waals surface area contributed by atoms with Crippen molar-refractivity contribution in [2.75, 3.05) is 10.6 Å². The third kappa shape index (κ3) is 5.37. The Hall–Kier alpha value is -4.60. The molecule has 33 heavy (non-hydrogen) atoms. The number of nitrogens with one attached hydrogen (secondary N) is 2. The van der Waals surface area contributed by atoms with E-state index in [0.29, 0.717) is 5.69 Å². The number of hydrogen-bond acceptors (Lipinski definition) is 5. The third-order valence-corrected chi connectivity index (χ3v) is 4.39. The molecule has 0 aliphatic heterocycles. The number of pyridine rings is 1. The first-order valence-corrected chi connectivity index (χ1v) is 9.70. The molecule has 10 heteroatoms. The van der Waals surface area contributed by atoms with Gasteiger partial charge >= 0.3 is 0 Å². The summed E-state index contributed by atoms with van der Waals surface area (Å²) in [6.45, 7) is 1.34. The molecule has 0 spiro atoms. The molecule has 166 valence electrons. The summed E-state index contributed by atoms with van der Waals surface area (Å²) in [4.78, 5) is 31.6. The van der Waals surface area contributed by atoms with Gasteiger partial charge in [0.15, 0.2) is 11.6 Å². The molecule has 2 amide bonds. The van der Waals surface area contributed by atoms with Crippen LogP contribution in [0.4, 0.5) is 20.3 Å². The molecule has 0 radical (unpaired) electrons. The third-order valence-electron chi connectivity index (χ3n) is 4.39. The van der Waals surface area contributed by atoms with E-state index in [9.17, 15) is 18.4 Å². The Morgan fingerprint density at radius 3 is 2.48 bits per heavy atom. The van der Waals surface area contributed by atoms with Crippen molar-refractivity contribution < 1.29 is 23.1 Å². The van der Waals surface area contributed by atoms with Crippen LogP contribution >= 0.6 is 0 Å². The zero-order valence-electron chi connectivity index (χ0n) is 17.3. The lowest BCUT2D eigenvalue weighted by Crippen LogP contribution is -2.12. The van der Waals surface area contributed by atoms with Gasteiger partial charge in [-0.1, -0.05) is 0 Å². The maximum Gasteiger partial charge on any atom is 0.275 e. The number of carbonyl (C=O) groups is 2. The van der Waals surface area contributed by atoms with Crippen molar-refractivity contribution >= 4 is 23.3 Å². The maximum absolute atomic E-state index is 14.5. The Balaban J connectivity index is 1.44. The van der Waals surface area contributed by atoms with Gasteiger partial charge in [0.05, 0.1) is 0 Å². The molecule has 0 aliphatic carbocycles. The van der Waals surface area contributed by atoms with E-state index in [2.05, 4.69) is 20.6 Å². The van der Waals surface area contributed by atoms with Crippen LogP contribution < -0.4 is 15.4 Å². The topological polar surface area (TPSA) is 98.1 Å². The minimum atomic E-state index is -0.706. The van der Waals surface area contributed by atoms with E-state index in [1.54, 1.807) is 16.7 Å². The second-order valence-electron chi connectivity index (χ2n) is 6.90. The molecule has 0 saturated heterocycles. The van der Waals surface area contributed by atoms with Gasteiger partial charge in [0.1, 0.15) is 29.4 Å². The van der Waals surface area contributed by atoms with E-state index < -0.39 is 11.7 Å². The molecule has 8 nitrogen and oxygen atoms in total. The quantitative estimate of drug-likeness (QED) is 0.450. The number of nitrogens with zero attached hydrogens (tertiary/aromatic N) is 3. The predicted octanol–water partition coefficient (Wildman–Crippen LogP) is 4.55. The molecule has 2 N–H and O–H groups in total.